The molecule has 2 unspecified atom stereocenters. The van der Waals surface area contributed by atoms with Crippen LogP contribution in [0.4, 0.5) is 0 Å². The summed E-state index contributed by atoms with van der Waals surface area (Å²) >= 11 is 0. The molecule has 1 fully saturated rings. The molecule has 0 aromatic heterocycles. The number of nitrogens with one attached hydrogen (secondary N) is 1. The second-order valence-corrected chi connectivity index (χ2v) is 6.57. The van der Waals surface area contributed by atoms with Crippen LogP contribution in [0.1, 0.15) is 37.3 Å². The summed E-state index contributed by atoms with van der Waals surface area (Å²) in [4.78, 5) is 7.26. The van der Waals surface area contributed by atoms with Crippen molar-refractivity contribution in [3.05, 3.63) is 35.4 Å². The summed E-state index contributed by atoms with van der Waals surface area (Å²) in [6.07, 6.45) is 1.19. The zero-order chi connectivity index (χ0) is 16.7. The lowest BCUT2D eigenvalue weighted by Gasteiger charge is -2.22. The van der Waals surface area contributed by atoms with Crippen LogP contribution in [-0.4, -0.2) is 50.8 Å². The number of hydrogen-bond acceptors (Lipinski definition) is 2. The van der Waals surface area contributed by atoms with Gasteiger partial charge in [0, 0.05) is 45.1 Å². The van der Waals surface area contributed by atoms with Crippen LogP contribution in [-0.2, 0) is 4.74 Å². The number of nitrogens with zero attached hydrogens (tertiary/aromatic N) is 2. The fourth-order valence-electron chi connectivity index (χ4n) is 3.13. The van der Waals surface area contributed by atoms with Crippen molar-refractivity contribution in [3.8, 4) is 0 Å². The summed E-state index contributed by atoms with van der Waals surface area (Å²) in [6, 6.07) is 8.73. The van der Waals surface area contributed by atoms with Gasteiger partial charge >= 0.3 is 0 Å². The number of guanidine groups is 1. The molecule has 1 aliphatic rings. The highest BCUT2D eigenvalue weighted by atomic mass is 127. The normalized spacial score (nSPS) is 19.1. The molecule has 0 bridgehead atoms. The Morgan fingerprint density at radius 2 is 2.25 bits per heavy atom. The first-order valence-corrected chi connectivity index (χ1v) is 8.72. The molecule has 1 heterocycles. The highest BCUT2D eigenvalue weighted by molar-refractivity contribution is 14.0. The Balaban J connectivity index is 0.00000288. The summed E-state index contributed by atoms with van der Waals surface area (Å²) < 4.78 is 5.29. The quantitative estimate of drug-likeness (QED) is 0.413. The van der Waals surface area contributed by atoms with Gasteiger partial charge in [0.2, 0.25) is 0 Å². The largest absolute Gasteiger partial charge is 0.384 e. The number of aliphatic imine (C=N–C) groups is 1. The van der Waals surface area contributed by atoms with Crippen LogP contribution in [0.3, 0.4) is 0 Å². The molecule has 24 heavy (non-hydrogen) atoms. The maximum Gasteiger partial charge on any atom is 0.193 e. The van der Waals surface area contributed by atoms with E-state index >= 15 is 0 Å². The Labute approximate surface area is 164 Å². The second-order valence-electron chi connectivity index (χ2n) is 6.57. The van der Waals surface area contributed by atoms with Crippen molar-refractivity contribution in [2.24, 2.45) is 10.9 Å². The average Bonchev–Trinajstić information content (AvgIpc) is 3.00. The standard InChI is InChI=1S/C19H31N3O.HI/c1-5-20-19(22-10-9-17(13-22)14-23-4)21-12-16(3)18-8-6-7-15(2)11-18;/h6-8,11,16-17H,5,9-10,12-14H2,1-4H3,(H,20,21);1H. The number of hydrogen-bond donors (Lipinski definition) is 1. The van der Waals surface area contributed by atoms with Crippen LogP contribution in [0.15, 0.2) is 29.3 Å². The Hall–Kier alpha value is -0.820. The minimum atomic E-state index is 0. The van der Waals surface area contributed by atoms with Gasteiger partial charge in [-0.2, -0.15) is 0 Å². The van der Waals surface area contributed by atoms with Crippen molar-refractivity contribution in [2.45, 2.75) is 33.1 Å². The van der Waals surface area contributed by atoms with Gasteiger partial charge in [0.1, 0.15) is 0 Å². The van der Waals surface area contributed by atoms with Gasteiger partial charge in [-0.05, 0) is 25.8 Å². The van der Waals surface area contributed by atoms with Crippen molar-refractivity contribution < 1.29 is 4.74 Å². The Bertz CT molecular complexity index is 521. The first kappa shape index (κ1) is 21.2. The zero-order valence-electron chi connectivity index (χ0n) is 15.4. The Morgan fingerprint density at radius 3 is 2.92 bits per heavy atom. The predicted octanol–water partition coefficient (Wildman–Crippen LogP) is 3.65. The van der Waals surface area contributed by atoms with Gasteiger partial charge in [-0.25, -0.2) is 0 Å². The van der Waals surface area contributed by atoms with Crippen LogP contribution in [0.2, 0.25) is 0 Å². The lowest BCUT2D eigenvalue weighted by Crippen LogP contribution is -2.40. The minimum Gasteiger partial charge on any atom is -0.384 e. The van der Waals surface area contributed by atoms with E-state index in [-0.39, 0.29) is 24.0 Å². The molecule has 0 saturated carbocycles. The van der Waals surface area contributed by atoms with Gasteiger partial charge in [0.25, 0.3) is 0 Å². The Kier molecular flexibility index (Phi) is 9.66. The van der Waals surface area contributed by atoms with Crippen molar-refractivity contribution in [1.82, 2.24) is 10.2 Å². The molecule has 2 atom stereocenters. The number of likely N-dealkylation sites (tertiary alicyclic amines) is 1. The van der Waals surface area contributed by atoms with E-state index in [1.807, 2.05) is 0 Å². The van der Waals surface area contributed by atoms with Crippen molar-refractivity contribution in [2.75, 3.05) is 39.9 Å². The van der Waals surface area contributed by atoms with E-state index in [0.29, 0.717) is 11.8 Å². The molecule has 4 nitrogen and oxygen atoms in total. The number of aryl methyl sites for hydroxylation is 1. The zero-order valence-corrected chi connectivity index (χ0v) is 17.7. The van der Waals surface area contributed by atoms with Crippen molar-refractivity contribution in [3.63, 3.8) is 0 Å². The van der Waals surface area contributed by atoms with Crippen molar-refractivity contribution in [1.29, 1.82) is 0 Å². The van der Waals surface area contributed by atoms with Crippen LogP contribution in [0.25, 0.3) is 0 Å². The first-order chi connectivity index (χ1) is 11.1. The van der Waals surface area contributed by atoms with Gasteiger partial charge in [0.05, 0.1) is 6.61 Å². The SMILES string of the molecule is CCNC(=NCC(C)c1cccc(C)c1)N1CCC(COC)C1.I. The molecule has 0 aliphatic carbocycles. The summed E-state index contributed by atoms with van der Waals surface area (Å²) in [7, 11) is 1.78. The van der Waals surface area contributed by atoms with E-state index in [1.54, 1.807) is 7.11 Å². The average molecular weight is 445 g/mol. The molecule has 1 aromatic rings. The summed E-state index contributed by atoms with van der Waals surface area (Å²) in [6.45, 7) is 11.2. The molecule has 0 amide bonds. The van der Waals surface area contributed by atoms with Crippen LogP contribution in [0.5, 0.6) is 0 Å². The molecule has 2 rings (SSSR count). The smallest absolute Gasteiger partial charge is 0.193 e. The third kappa shape index (κ3) is 6.24. The summed E-state index contributed by atoms with van der Waals surface area (Å²) in [5.41, 5.74) is 2.68. The fraction of sp³-hybridized carbons (Fsp3) is 0.632. The number of rotatable bonds is 6. The van der Waals surface area contributed by atoms with Gasteiger partial charge in [-0.1, -0.05) is 36.8 Å². The van der Waals surface area contributed by atoms with Gasteiger partial charge in [-0.15, -0.1) is 24.0 Å². The molecule has 5 heteroatoms. The van der Waals surface area contributed by atoms with Crippen LogP contribution < -0.4 is 5.32 Å². The van der Waals surface area contributed by atoms with E-state index in [1.165, 1.54) is 17.5 Å². The summed E-state index contributed by atoms with van der Waals surface area (Å²) in [5.74, 6) is 2.10. The van der Waals surface area contributed by atoms with Crippen molar-refractivity contribution >= 4 is 29.9 Å². The molecule has 1 aromatic carbocycles. The van der Waals surface area contributed by atoms with Crippen LogP contribution >= 0.6 is 24.0 Å². The molecular formula is C19H32IN3O. The molecule has 1 aliphatic heterocycles. The monoisotopic (exact) mass is 445 g/mol. The van der Waals surface area contributed by atoms with Gasteiger partial charge in [0.15, 0.2) is 5.96 Å². The highest BCUT2D eigenvalue weighted by Crippen LogP contribution is 2.19. The molecule has 1 saturated heterocycles. The number of benzene rings is 1. The van der Waals surface area contributed by atoms with E-state index in [9.17, 15) is 0 Å². The maximum absolute atomic E-state index is 5.29. The number of ether oxygens (including phenoxy) is 1. The fourth-order valence-corrected chi connectivity index (χ4v) is 3.13. The second kappa shape index (κ2) is 10.9. The van der Waals surface area contributed by atoms with Crippen LogP contribution in [0, 0.1) is 12.8 Å². The third-order valence-corrected chi connectivity index (χ3v) is 4.45. The Morgan fingerprint density at radius 1 is 1.46 bits per heavy atom. The molecule has 1 N–H and O–H groups in total. The molecular weight excluding hydrogens is 413 g/mol. The molecule has 0 radical (unpaired) electrons. The first-order valence-electron chi connectivity index (χ1n) is 8.72. The van der Waals surface area contributed by atoms with E-state index in [2.05, 4.69) is 55.3 Å². The predicted molar refractivity (Wildman–Crippen MR) is 113 cm³/mol. The minimum absolute atomic E-state index is 0. The lowest BCUT2D eigenvalue weighted by molar-refractivity contribution is 0.157. The van der Waals surface area contributed by atoms with E-state index in [0.717, 1.165) is 38.7 Å². The lowest BCUT2D eigenvalue weighted by atomic mass is 10.00. The number of methoxy groups -OCH3 is 1. The highest BCUT2D eigenvalue weighted by Gasteiger charge is 2.24. The molecule has 0 spiro atoms. The van der Waals surface area contributed by atoms with Gasteiger partial charge in [-0.3, -0.25) is 4.99 Å². The topological polar surface area (TPSA) is 36.9 Å². The maximum atomic E-state index is 5.29. The third-order valence-electron chi connectivity index (χ3n) is 4.45. The summed E-state index contributed by atoms with van der Waals surface area (Å²) in [5, 5.41) is 3.44. The van der Waals surface area contributed by atoms with Gasteiger partial charge < -0.3 is 15.0 Å². The molecule has 136 valence electrons. The van der Waals surface area contributed by atoms with E-state index < -0.39 is 0 Å². The van der Waals surface area contributed by atoms with E-state index in [4.69, 9.17) is 9.73 Å². The number of halogens is 1.